The van der Waals surface area contributed by atoms with Crippen molar-refractivity contribution >= 4 is 38.6 Å². The number of aromatic nitrogens is 2. The Morgan fingerprint density at radius 3 is 2.64 bits per heavy atom. The molecule has 2 aliphatic carbocycles. The molecule has 17 nitrogen and oxygen atoms in total. The molecule has 10 N–H and O–H groups in total. The summed E-state index contributed by atoms with van der Waals surface area (Å²) in [5.41, 5.74) is 0.941. The average molecular weight is 959 g/mol. The number of carbonyl (C=O) groups excluding carboxylic acids is 1. The van der Waals surface area contributed by atoms with Gasteiger partial charge >= 0.3 is 0 Å². The first-order valence-corrected chi connectivity index (χ1v) is 24.1. The van der Waals surface area contributed by atoms with Gasteiger partial charge in [-0.05, 0) is 96.9 Å². The zero-order chi connectivity index (χ0) is 48.8. The number of amides is 1. The Bertz CT molecular complexity index is 3160. The van der Waals surface area contributed by atoms with Crippen molar-refractivity contribution in [2.75, 3.05) is 26.3 Å². The van der Waals surface area contributed by atoms with Crippen LogP contribution in [0.4, 0.5) is 0 Å². The maximum absolute atomic E-state index is 14.0. The molecule has 11 rings (SSSR count). The average Bonchev–Trinajstić information content (AvgIpc) is 4.09. The lowest BCUT2D eigenvalue weighted by Crippen LogP contribution is -2.68. The molecule has 17 heteroatoms. The van der Waals surface area contributed by atoms with Gasteiger partial charge < -0.3 is 65.1 Å². The Morgan fingerprint density at radius 2 is 1.86 bits per heavy atom. The van der Waals surface area contributed by atoms with Gasteiger partial charge in [0.2, 0.25) is 5.91 Å². The molecular weight excluding hydrogens is 901 g/mol. The maximum Gasteiger partial charge on any atom is 0.220 e. The highest BCUT2D eigenvalue weighted by Gasteiger charge is 2.62. The molecule has 1 saturated heterocycles. The zero-order valence-electron chi connectivity index (χ0n) is 38.8. The molecule has 0 radical (unpaired) electrons. The van der Waals surface area contributed by atoms with Crippen LogP contribution >= 0.6 is 0 Å². The number of aryl methyl sites for hydroxylation is 2. The summed E-state index contributed by atoms with van der Waals surface area (Å²) < 4.78 is 16.4. The number of aliphatic hydroxyl groups is 5. The quantitative estimate of drug-likeness (QED) is 0.0584. The molecule has 1 saturated carbocycles. The van der Waals surface area contributed by atoms with E-state index in [0.29, 0.717) is 88.8 Å². The number of allylic oxidation sites excluding steroid dienone is 1. The van der Waals surface area contributed by atoms with Crippen LogP contribution in [-0.4, -0.2) is 119 Å². The summed E-state index contributed by atoms with van der Waals surface area (Å²) in [4.78, 5) is 43.2. The van der Waals surface area contributed by atoms with Crippen molar-refractivity contribution in [2.24, 2.45) is 23.7 Å². The van der Waals surface area contributed by atoms with E-state index in [9.17, 15) is 45.3 Å². The van der Waals surface area contributed by atoms with Crippen LogP contribution in [-0.2, 0) is 33.8 Å². The summed E-state index contributed by atoms with van der Waals surface area (Å²) in [5, 5.41) is 85.8. The molecule has 368 valence electrons. The summed E-state index contributed by atoms with van der Waals surface area (Å²) >= 11 is 0. The second-order valence-electron chi connectivity index (χ2n) is 20.1. The number of rotatable bonds is 13. The highest BCUT2D eigenvalue weighted by Crippen LogP contribution is 2.58. The maximum atomic E-state index is 14.0. The largest absolute Gasteiger partial charge is 0.508 e. The van der Waals surface area contributed by atoms with Crippen LogP contribution in [0.15, 0.2) is 93.9 Å². The number of nitrogens with zero attached hydrogens (tertiary/aromatic N) is 1. The third-order valence-electron chi connectivity index (χ3n) is 15.9. The summed E-state index contributed by atoms with van der Waals surface area (Å²) in [7, 11) is 0. The number of hydrogen-bond acceptors (Lipinski definition) is 14. The second kappa shape index (κ2) is 17.7. The van der Waals surface area contributed by atoms with E-state index in [-0.39, 0.29) is 59.0 Å². The molecule has 1 spiro atoms. The van der Waals surface area contributed by atoms with Gasteiger partial charge in [0.05, 0.1) is 17.5 Å². The van der Waals surface area contributed by atoms with Crippen molar-refractivity contribution in [3.63, 3.8) is 0 Å². The van der Waals surface area contributed by atoms with Crippen LogP contribution in [0.3, 0.4) is 0 Å². The number of phenolic OH excluding ortho intramolecular Hbond substituents is 2. The summed E-state index contributed by atoms with van der Waals surface area (Å²) in [6, 6.07) is 12.3. The number of phenols is 2. The lowest BCUT2D eigenvalue weighted by molar-refractivity contribution is -0.380. The van der Waals surface area contributed by atoms with Gasteiger partial charge in [-0.1, -0.05) is 31.2 Å². The molecule has 2 bridgehead atoms. The van der Waals surface area contributed by atoms with Crippen molar-refractivity contribution in [1.29, 1.82) is 0 Å². The highest BCUT2D eigenvalue weighted by molar-refractivity contribution is 5.93. The Hall–Kier alpha value is -6.02. The SMILES string of the molecule is CCc1c2cc[nH]c2cn1-c1c2c(cc3c(=O)cc(C)oc13)C[C@@H](OOC[C@@](O)(Cc1ccc(O)c3ccc(O)cc13)[C@@H](O)[C@H](O)[C@H](O)CO)[C@@]1(C[C@@H]([C@H]3CNC(=O)C3)[C@H]3C=C4C=CCN[C@@H]4[C@@H]1C3)O2. The molecule has 5 aliphatic rings. The lowest BCUT2D eigenvalue weighted by atomic mass is 9.54. The third-order valence-corrected chi connectivity index (χ3v) is 15.9. The minimum absolute atomic E-state index is 0.0229. The molecule has 70 heavy (non-hydrogen) atoms. The number of benzene rings is 3. The first-order valence-electron chi connectivity index (χ1n) is 24.1. The number of ether oxygens (including phenoxy) is 1. The molecule has 2 fully saturated rings. The monoisotopic (exact) mass is 958 g/mol. The predicted molar refractivity (Wildman–Crippen MR) is 257 cm³/mol. The van der Waals surface area contributed by atoms with Crippen LogP contribution in [0.1, 0.15) is 48.8 Å². The van der Waals surface area contributed by atoms with Gasteiger partial charge in [-0.3, -0.25) is 9.59 Å². The summed E-state index contributed by atoms with van der Waals surface area (Å²) in [6.45, 7) is 3.18. The Labute approximate surface area is 401 Å². The van der Waals surface area contributed by atoms with Gasteiger partial charge in [-0.15, -0.1) is 0 Å². The molecule has 6 heterocycles. The van der Waals surface area contributed by atoms with Gasteiger partial charge in [0.25, 0.3) is 0 Å². The van der Waals surface area contributed by atoms with Crippen LogP contribution in [0.5, 0.6) is 17.2 Å². The van der Waals surface area contributed by atoms with E-state index in [4.69, 9.17) is 18.9 Å². The molecule has 3 aromatic carbocycles. The number of carbonyl (C=O) groups is 1. The van der Waals surface area contributed by atoms with Crippen molar-refractivity contribution in [1.82, 2.24) is 20.2 Å². The van der Waals surface area contributed by atoms with Gasteiger partial charge in [-0.2, -0.15) is 0 Å². The fourth-order valence-electron chi connectivity index (χ4n) is 12.5. The number of hydrogen-bond donors (Lipinski definition) is 10. The first-order chi connectivity index (χ1) is 33.7. The topological polar surface area (TPSA) is 261 Å². The molecule has 0 unspecified atom stereocenters. The lowest BCUT2D eigenvalue weighted by Gasteiger charge is -2.59. The minimum atomic E-state index is -2.44. The number of H-pyrrole nitrogens is 1. The van der Waals surface area contributed by atoms with Crippen LogP contribution in [0.2, 0.25) is 0 Å². The molecule has 3 aromatic heterocycles. The summed E-state index contributed by atoms with van der Waals surface area (Å²) in [5.74, 6) is 0.407. The van der Waals surface area contributed by atoms with Crippen molar-refractivity contribution in [3.05, 3.63) is 118 Å². The minimum Gasteiger partial charge on any atom is -0.508 e. The van der Waals surface area contributed by atoms with Crippen LogP contribution < -0.4 is 20.8 Å². The highest BCUT2D eigenvalue weighted by atomic mass is 17.2. The first kappa shape index (κ1) is 46.4. The van der Waals surface area contributed by atoms with Crippen molar-refractivity contribution in [3.8, 4) is 22.9 Å². The molecule has 6 aromatic rings. The Kier molecular flexibility index (Phi) is 11.7. The van der Waals surface area contributed by atoms with E-state index in [1.807, 2.05) is 23.0 Å². The second-order valence-corrected chi connectivity index (χ2v) is 20.1. The molecule has 3 aliphatic heterocycles. The standard InChI is InChI=1S/C53H58N4O13/c1-3-40-34-10-12-54-39(34)23-57(40)47-49-30(15-36-42(61)13-26(2)68-50(36)47)17-44(53(69-49)21-37(31-18-45(63)56-22-31)29-14-27-5-4-11-55-46(27)38(53)16-29)70-67-25-52(66,51(65)48(64)43(62)24-58)20-28-6-9-41(60)33-8-7-32(59)19-35(28)33/h4-10,12-15,19,23,29,31,37-38,43-44,46,48,51,54-55,58-60,62,64-66H,3,11,16-18,20-22,24-25H2,1-2H3,(H,56,63)/t29-,31+,37+,38-,43+,44+,46-,48+,51-,52-,53-/m0/s1. The molecule has 1 amide bonds. The normalized spacial score (nSPS) is 27.2. The number of fused-ring (bicyclic) bond motifs is 9. The fourth-order valence-corrected chi connectivity index (χ4v) is 12.5. The summed E-state index contributed by atoms with van der Waals surface area (Å²) in [6.07, 6.45) is 5.19. The van der Waals surface area contributed by atoms with Gasteiger partial charge in [0, 0.05) is 84.8 Å². The van der Waals surface area contributed by atoms with Crippen molar-refractivity contribution < 1.29 is 59.5 Å². The Morgan fingerprint density at radius 1 is 1.01 bits per heavy atom. The smallest absolute Gasteiger partial charge is 0.220 e. The number of nitrogens with one attached hydrogen (secondary N) is 3. The van der Waals surface area contributed by atoms with Gasteiger partial charge in [-0.25, -0.2) is 9.78 Å². The Balaban J connectivity index is 1.06. The molecular formula is C53H58N4O13. The van der Waals surface area contributed by atoms with E-state index in [2.05, 4.69) is 40.8 Å². The van der Waals surface area contributed by atoms with Gasteiger partial charge in [0.15, 0.2) is 16.8 Å². The van der Waals surface area contributed by atoms with E-state index in [1.54, 1.807) is 13.0 Å². The number of aromatic hydroxyl groups is 2. The predicted octanol–water partition coefficient (Wildman–Crippen LogP) is 3.79. The number of aromatic amines is 1. The van der Waals surface area contributed by atoms with Crippen LogP contribution in [0.25, 0.3) is 38.3 Å². The van der Waals surface area contributed by atoms with E-state index >= 15 is 0 Å². The molecule has 11 atom stereocenters. The third kappa shape index (κ3) is 7.61. The van der Waals surface area contributed by atoms with Crippen LogP contribution in [0, 0.1) is 30.6 Å². The zero-order valence-corrected chi connectivity index (χ0v) is 38.8. The van der Waals surface area contributed by atoms with E-state index < -0.39 is 55.3 Å². The fraction of sp³-hybridized carbons (Fsp3) is 0.434. The van der Waals surface area contributed by atoms with Crippen molar-refractivity contribution in [2.45, 2.75) is 94.0 Å². The van der Waals surface area contributed by atoms with Gasteiger partial charge in [0.1, 0.15) is 65.2 Å². The van der Waals surface area contributed by atoms with E-state index in [0.717, 1.165) is 22.2 Å². The van der Waals surface area contributed by atoms with E-state index in [1.165, 1.54) is 36.4 Å². The number of aliphatic hydroxyl groups excluding tert-OH is 4.